The topological polar surface area (TPSA) is 89.3 Å². The molecule has 35 heavy (non-hydrogen) atoms. The number of carbonyl (C=O) groups excluding carboxylic acids is 1. The lowest BCUT2D eigenvalue weighted by Crippen LogP contribution is -2.46. The molecular weight excluding hydrogens is 473 g/mol. The third kappa shape index (κ3) is 5.24. The van der Waals surface area contributed by atoms with Crippen LogP contribution in [0.1, 0.15) is 29.2 Å². The molecule has 0 bridgehead atoms. The third-order valence-electron chi connectivity index (χ3n) is 6.32. The van der Waals surface area contributed by atoms with Crippen molar-refractivity contribution in [3.8, 4) is 5.75 Å². The second-order valence-corrected chi connectivity index (χ2v) is 9.46. The number of amides is 1. The summed E-state index contributed by atoms with van der Waals surface area (Å²) in [5.74, 6) is -0.715. The Kier molecular flexibility index (Phi) is 6.15. The van der Waals surface area contributed by atoms with Crippen LogP contribution in [0.3, 0.4) is 0 Å². The van der Waals surface area contributed by atoms with Crippen LogP contribution in [0, 0.1) is 11.8 Å². The number of piperidine rings is 1. The number of nitrogens with one attached hydrogen (secondary N) is 1. The van der Waals surface area contributed by atoms with E-state index in [1.807, 2.05) is 36.2 Å². The van der Waals surface area contributed by atoms with Crippen molar-refractivity contribution in [3.63, 3.8) is 0 Å². The van der Waals surface area contributed by atoms with Crippen molar-refractivity contribution < 1.29 is 18.0 Å². The van der Waals surface area contributed by atoms with Crippen LogP contribution in [-0.2, 0) is 18.3 Å². The van der Waals surface area contributed by atoms with E-state index >= 15 is 0 Å². The van der Waals surface area contributed by atoms with E-state index < -0.39 is 31.2 Å². The highest BCUT2D eigenvalue weighted by Crippen LogP contribution is 2.29. The van der Waals surface area contributed by atoms with Crippen LogP contribution in [0.4, 0.5) is 10.3 Å². The van der Waals surface area contributed by atoms with Crippen molar-refractivity contribution in [2.45, 2.75) is 26.4 Å². The molecule has 4 rings (SSSR count). The average molecular weight is 505 g/mol. The number of aryl methyl sites for hydroxylation is 1. The summed E-state index contributed by atoms with van der Waals surface area (Å²) in [4.78, 5) is 35.5. The molecule has 1 unspecified atom stereocenters. The minimum atomic E-state index is -2.65. The Morgan fingerprint density at radius 1 is 1.31 bits per heavy atom. The molecule has 0 radical (unpaired) electrons. The molecule has 186 valence electrons. The summed E-state index contributed by atoms with van der Waals surface area (Å²) in [5, 5.41) is 2.90. The van der Waals surface area contributed by atoms with E-state index in [1.54, 1.807) is 19.3 Å². The number of likely N-dealkylation sites (N-methyl/N-ethyl adjacent to an activating group) is 1. The summed E-state index contributed by atoms with van der Waals surface area (Å²) >= 11 is 6.42. The zero-order valence-electron chi connectivity index (χ0n) is 22.7. The van der Waals surface area contributed by atoms with Gasteiger partial charge in [0.2, 0.25) is 5.95 Å². The number of halogens is 2. The van der Waals surface area contributed by atoms with Crippen molar-refractivity contribution in [2.75, 3.05) is 31.6 Å². The monoisotopic (exact) mass is 504 g/mol. The molecule has 0 saturated carbocycles. The first kappa shape index (κ1) is 21.1. The maximum absolute atomic E-state index is 14.3. The van der Waals surface area contributed by atoms with Gasteiger partial charge in [-0.2, -0.15) is 0 Å². The molecule has 10 heteroatoms. The van der Waals surface area contributed by atoms with Crippen molar-refractivity contribution in [1.29, 1.82) is 0 Å². The Bertz CT molecular complexity index is 1410. The van der Waals surface area contributed by atoms with Crippen LogP contribution in [0.5, 0.6) is 5.75 Å². The lowest BCUT2D eigenvalue weighted by molar-refractivity contribution is -0.122. The third-order valence-corrected chi connectivity index (χ3v) is 6.63. The smallest absolute Gasteiger partial charge is 0.293 e. The maximum Gasteiger partial charge on any atom is 0.293 e. The van der Waals surface area contributed by atoms with Gasteiger partial charge in [0.05, 0.1) is 22.4 Å². The van der Waals surface area contributed by atoms with Gasteiger partial charge in [-0.3, -0.25) is 9.59 Å². The summed E-state index contributed by atoms with van der Waals surface area (Å²) < 4.78 is 42.3. The van der Waals surface area contributed by atoms with Gasteiger partial charge in [0.1, 0.15) is 6.17 Å². The van der Waals surface area contributed by atoms with Crippen LogP contribution in [0.15, 0.2) is 35.3 Å². The van der Waals surface area contributed by atoms with E-state index in [0.29, 0.717) is 47.1 Å². The van der Waals surface area contributed by atoms with Gasteiger partial charge in [-0.15, -0.1) is 0 Å². The number of carbonyl (C=O) groups is 1. The molecule has 1 amide bonds. The summed E-state index contributed by atoms with van der Waals surface area (Å²) in [7, 11) is 1.58. The summed E-state index contributed by atoms with van der Waals surface area (Å²) in [6.07, 6.45) is 1.07. The number of ether oxygens (including phenoxy) is 1. The number of alkyl halides is 1. The lowest BCUT2D eigenvalue weighted by atomic mass is 9.90. The Hall–Kier alpha value is -3.20. The predicted molar refractivity (Wildman–Crippen MR) is 134 cm³/mol. The van der Waals surface area contributed by atoms with Crippen LogP contribution in [-0.4, -0.2) is 53.3 Å². The second kappa shape index (κ2) is 10.2. The fourth-order valence-electron chi connectivity index (χ4n) is 4.45. The van der Waals surface area contributed by atoms with Crippen LogP contribution >= 0.6 is 11.6 Å². The molecular formula is C25H29ClFN5O3. The van der Waals surface area contributed by atoms with Gasteiger partial charge in [0, 0.05) is 54.9 Å². The van der Waals surface area contributed by atoms with Gasteiger partial charge in [0.25, 0.3) is 11.5 Å². The number of rotatable bonds is 6. The van der Waals surface area contributed by atoms with Crippen molar-refractivity contribution in [3.05, 3.63) is 57.1 Å². The first-order chi connectivity index (χ1) is 17.8. The van der Waals surface area contributed by atoms with Gasteiger partial charge < -0.3 is 19.5 Å². The van der Waals surface area contributed by atoms with E-state index in [2.05, 4.69) is 9.97 Å². The van der Waals surface area contributed by atoms with Gasteiger partial charge in [-0.05, 0) is 23.8 Å². The Balaban J connectivity index is 1.57. The number of benzene rings is 1. The van der Waals surface area contributed by atoms with Gasteiger partial charge >= 0.3 is 0 Å². The minimum Gasteiger partial charge on any atom is -0.478 e. The largest absolute Gasteiger partial charge is 0.478 e. The Morgan fingerprint density at radius 2 is 2.06 bits per heavy atom. The molecule has 1 aliphatic rings. The molecule has 0 spiro atoms. The first-order valence-corrected chi connectivity index (χ1v) is 11.7. The number of fused-ring (bicyclic) bond motifs is 1. The molecule has 1 saturated heterocycles. The number of aromatic nitrogens is 3. The van der Waals surface area contributed by atoms with Gasteiger partial charge in [0.15, 0.2) is 12.4 Å². The zero-order chi connectivity index (χ0) is 27.8. The maximum atomic E-state index is 14.3. The molecule has 1 N–H and O–H groups in total. The summed E-state index contributed by atoms with van der Waals surface area (Å²) in [5.41, 5.74) is 1.65. The zero-order valence-corrected chi connectivity index (χ0v) is 20.5. The van der Waals surface area contributed by atoms with E-state index in [0.717, 1.165) is 5.56 Å². The van der Waals surface area contributed by atoms with Crippen LogP contribution in [0.25, 0.3) is 10.9 Å². The molecule has 1 aliphatic heterocycles. The number of hydrogen-bond donors (Lipinski definition) is 1. The number of anilines is 1. The SMILES string of the molecule is [2H]C([2H])([2H])NC(=O)COc1cc2cc(Cc3nc(N4C[C@@H](C)C(F)[C@@H](C)C4)ncc3Cl)ccc2n(C)c1=O. The van der Waals surface area contributed by atoms with Crippen molar-refractivity contribution in [1.82, 2.24) is 19.9 Å². The molecule has 3 heterocycles. The second-order valence-electron chi connectivity index (χ2n) is 9.05. The molecule has 3 atom stereocenters. The quantitative estimate of drug-likeness (QED) is 0.555. The van der Waals surface area contributed by atoms with E-state index in [4.69, 9.17) is 20.5 Å². The van der Waals surface area contributed by atoms with E-state index in [9.17, 15) is 14.0 Å². The van der Waals surface area contributed by atoms with Crippen molar-refractivity contribution in [2.24, 2.45) is 18.9 Å². The highest BCUT2D eigenvalue weighted by atomic mass is 35.5. The first-order valence-electron chi connectivity index (χ1n) is 12.8. The van der Waals surface area contributed by atoms with Gasteiger partial charge in [-0.25, -0.2) is 14.4 Å². The highest BCUT2D eigenvalue weighted by molar-refractivity contribution is 6.31. The number of pyridine rings is 1. The highest BCUT2D eigenvalue weighted by Gasteiger charge is 2.33. The average Bonchev–Trinajstić information content (AvgIpc) is 2.83. The molecule has 1 fully saturated rings. The summed E-state index contributed by atoms with van der Waals surface area (Å²) in [6.45, 7) is 1.53. The van der Waals surface area contributed by atoms with E-state index in [-0.39, 0.29) is 17.6 Å². The molecule has 8 nitrogen and oxygen atoms in total. The Morgan fingerprint density at radius 3 is 2.77 bits per heavy atom. The van der Waals surface area contributed by atoms with Crippen LogP contribution < -0.4 is 20.5 Å². The summed E-state index contributed by atoms with van der Waals surface area (Å²) in [6, 6.07) is 7.03. The minimum absolute atomic E-state index is 0.0836. The van der Waals surface area contributed by atoms with E-state index in [1.165, 1.54) is 10.6 Å². The fourth-order valence-corrected chi connectivity index (χ4v) is 4.61. The molecule has 1 aromatic carbocycles. The number of hydrogen-bond acceptors (Lipinski definition) is 6. The Labute approximate surface area is 212 Å². The number of nitrogens with zero attached hydrogens (tertiary/aromatic N) is 4. The van der Waals surface area contributed by atoms with Crippen LogP contribution in [0.2, 0.25) is 5.02 Å². The van der Waals surface area contributed by atoms with Gasteiger partial charge in [-0.1, -0.05) is 31.5 Å². The molecule has 2 aromatic heterocycles. The molecule has 0 aliphatic carbocycles. The lowest BCUT2D eigenvalue weighted by Gasteiger charge is -2.37. The predicted octanol–water partition coefficient (Wildman–Crippen LogP) is 3.13. The van der Waals surface area contributed by atoms with Crippen molar-refractivity contribution >= 4 is 34.4 Å². The normalized spacial score (nSPS) is 21.8. The standard InChI is InChI=1S/C25H29ClFN5O3/c1-14-11-32(12-15(2)23(14)27)25-29-10-18(26)19(30-25)8-16-5-6-20-17(7-16)9-21(24(34)31(20)4)35-13-22(33)28-3/h5-7,9-10,14-15,23H,8,11-13H2,1-4H3,(H,28,33)/t14-,15+,23?/i3D3. The molecule has 3 aromatic rings. The fraction of sp³-hybridized carbons (Fsp3) is 0.440.